The van der Waals surface area contributed by atoms with Crippen LogP contribution in [-0.2, 0) is 95.7 Å². The summed E-state index contributed by atoms with van der Waals surface area (Å²) in [6.07, 6.45) is 52.6. The predicted octanol–water partition coefficient (Wildman–Crippen LogP) is 21.7. The van der Waals surface area contributed by atoms with Crippen molar-refractivity contribution in [1.82, 2.24) is 26.6 Å². The molecule has 1 aromatic carbocycles. The van der Waals surface area contributed by atoms with E-state index in [9.17, 15) is 62.1 Å². The lowest BCUT2D eigenvalue weighted by molar-refractivity contribution is -0.151. The molecule has 129 heavy (non-hydrogen) atoms. The number of carbonyl (C=O) groups excluding carboxylic acids is 9. The van der Waals surface area contributed by atoms with Gasteiger partial charge >= 0.3 is 33.7 Å². The predicted molar refractivity (Wildman–Crippen MR) is 511 cm³/mol. The number of phosphoric acid groups is 2. The molecule has 6 atom stereocenters. The molecule has 0 saturated carbocycles. The summed E-state index contributed by atoms with van der Waals surface area (Å²) in [4.78, 5) is 142. The van der Waals surface area contributed by atoms with Crippen molar-refractivity contribution in [2.45, 2.75) is 433 Å². The van der Waals surface area contributed by atoms with Crippen LogP contribution in [0.2, 0.25) is 0 Å². The number of hydrogen-bond acceptors (Lipinski definition) is 21. The molecule has 0 fully saturated rings. The van der Waals surface area contributed by atoms with Crippen molar-refractivity contribution in [3.8, 4) is 5.75 Å². The molecule has 0 aliphatic rings. The van der Waals surface area contributed by atoms with Gasteiger partial charge in [0.05, 0.1) is 84.3 Å². The van der Waals surface area contributed by atoms with Crippen molar-refractivity contribution < 1.29 is 109 Å². The van der Waals surface area contributed by atoms with Crippen LogP contribution >= 0.6 is 15.6 Å². The van der Waals surface area contributed by atoms with Gasteiger partial charge in [0.25, 0.3) is 0 Å². The number of Topliss-reactive ketones (excluding diaryl/α,β-unsaturated/α-hetero) is 2. The summed E-state index contributed by atoms with van der Waals surface area (Å²) in [5.74, 6) is -5.17. The Morgan fingerprint density at radius 2 is 0.721 bits per heavy atom. The second-order valence-electron chi connectivity index (χ2n) is 35.4. The monoisotopic (exact) mass is 1870 g/mol. The van der Waals surface area contributed by atoms with Crippen molar-refractivity contribution in [3.05, 3.63) is 54.1 Å². The second kappa shape index (κ2) is 81.6. The molecule has 0 spiro atoms. The fourth-order valence-corrected chi connectivity index (χ4v) is 15.8. The maximum absolute atomic E-state index is 14.2. The van der Waals surface area contributed by atoms with Gasteiger partial charge in [-0.2, -0.15) is 0 Å². The van der Waals surface area contributed by atoms with Crippen molar-refractivity contribution in [3.63, 3.8) is 0 Å². The number of allylic oxidation sites excluding steroid dienone is 4. The first kappa shape index (κ1) is 121. The highest BCUT2D eigenvalue weighted by molar-refractivity contribution is 7.47. The van der Waals surface area contributed by atoms with Gasteiger partial charge in [-0.25, -0.2) is 13.9 Å². The molecule has 1 rings (SSSR count). The molecule has 0 bridgehead atoms. The van der Waals surface area contributed by atoms with Gasteiger partial charge in [0, 0.05) is 51.6 Å². The van der Waals surface area contributed by atoms with E-state index in [4.69, 9.17) is 46.5 Å². The molecule has 746 valence electrons. The average Bonchev–Trinajstić information content (AvgIpc) is 0.856. The summed E-state index contributed by atoms with van der Waals surface area (Å²) in [5.41, 5.74) is -0.220. The molecule has 0 saturated heterocycles. The summed E-state index contributed by atoms with van der Waals surface area (Å²) in [6, 6.07) is 4.34. The van der Waals surface area contributed by atoms with Crippen LogP contribution in [-0.4, -0.2) is 172 Å². The largest absolute Gasteiger partial charge is 0.492 e. The molecule has 0 aliphatic carbocycles. The third-order valence-corrected chi connectivity index (χ3v) is 23.7. The van der Waals surface area contributed by atoms with E-state index in [1.807, 2.05) is 0 Å². The fourth-order valence-electron chi connectivity index (χ4n) is 14.3. The number of nitrogens with one attached hydrogen (secondary N) is 5. The SMILES string of the molecule is CCCCCCC=CCCCC(=O)O[C@H](CCCCCCC)CCOCC(COP(=O)(O)OCCNC(=O)C(Cc1ccc(OCCNC(=O)OC(C)(C)C)cc1)C(=O)NCCOP(=O)(O)OCC(COCC[C@@H](CCCCCCC)OC(=O)CCCC=CCCCCCC)NC(=O)CC(=O)CCCCCCCCCCC)NC(=O)CC(=O)CCCCCCCCCCC. The average molecular weight is 1870 g/mol. The third kappa shape index (κ3) is 76.1. The molecular formula is C99H177N5O23P2. The van der Waals surface area contributed by atoms with Gasteiger partial charge in [0.2, 0.25) is 23.6 Å². The maximum Gasteiger partial charge on any atom is 0.472 e. The zero-order valence-corrected chi connectivity index (χ0v) is 83.1. The van der Waals surface area contributed by atoms with Gasteiger partial charge in [-0.05, 0) is 135 Å². The highest BCUT2D eigenvalue weighted by atomic mass is 31.2. The Labute approximate surface area is 777 Å². The Morgan fingerprint density at radius 3 is 1.09 bits per heavy atom. The molecule has 4 unspecified atom stereocenters. The van der Waals surface area contributed by atoms with E-state index in [1.54, 1.807) is 45.0 Å². The van der Waals surface area contributed by atoms with Crippen LogP contribution in [0.5, 0.6) is 5.75 Å². The van der Waals surface area contributed by atoms with E-state index in [-0.39, 0.29) is 95.2 Å². The Kier molecular flexibility index (Phi) is 76.6. The smallest absolute Gasteiger partial charge is 0.472 e. The number of ketones is 2. The number of rotatable bonds is 90. The highest BCUT2D eigenvalue weighted by Crippen LogP contribution is 2.44. The van der Waals surface area contributed by atoms with E-state index in [2.05, 4.69) is 92.4 Å². The Hall–Kier alpha value is -5.93. The summed E-state index contributed by atoms with van der Waals surface area (Å²) < 4.78 is 83.9. The van der Waals surface area contributed by atoms with Gasteiger partial charge in [-0.15, -0.1) is 0 Å². The molecule has 5 amide bonds. The van der Waals surface area contributed by atoms with Gasteiger partial charge in [0.1, 0.15) is 47.6 Å². The Bertz CT molecular complexity index is 3050. The van der Waals surface area contributed by atoms with Crippen LogP contribution in [0.15, 0.2) is 48.6 Å². The van der Waals surface area contributed by atoms with E-state index >= 15 is 0 Å². The fraction of sp³-hybridized carbons (Fsp3) is 0.808. The first-order valence-corrected chi connectivity index (χ1v) is 53.1. The number of benzene rings is 1. The van der Waals surface area contributed by atoms with Crippen molar-refractivity contribution in [2.24, 2.45) is 5.92 Å². The summed E-state index contributed by atoms with van der Waals surface area (Å²) in [6.45, 7) is 14.9. The molecule has 0 aromatic heterocycles. The minimum Gasteiger partial charge on any atom is -0.492 e. The Balaban J connectivity index is 3.39. The maximum atomic E-state index is 14.2. The van der Waals surface area contributed by atoms with Crippen molar-refractivity contribution >= 4 is 68.9 Å². The van der Waals surface area contributed by atoms with Gasteiger partial charge in [0.15, 0.2) is 0 Å². The van der Waals surface area contributed by atoms with Gasteiger partial charge in [-0.3, -0.25) is 56.5 Å². The number of unbranched alkanes of at least 4 members (excludes halogenated alkanes) is 34. The molecule has 0 heterocycles. The standard InChI is InChI=1S/C99H177N5O23P2/c1-10-16-22-28-32-36-40-46-50-56-86(105)77-92(107)103-84(79-118-71-66-89(58-52-44-26-20-14-5)125-94(109)60-54-48-42-38-34-30-24-18-12-3)81-123-128(114,115)121-74-69-100-96(111)91(76-83-62-64-88(65-63-83)120-73-68-102-98(113)127-99(7,8)9)97(112)101-70-75-122-129(116,117)124-82-85(104-93(108)78-87(106)57-51-47-41-37-33-29-23-17-11-2)80-119-72-67-90(59-53-45-27-21-15-6)126-95(110)61-55-49-43-39-35-31-25-19-13-4/h38-39,42-43,62-65,84-85,89-91H,10-37,40-41,44-61,66-82H2,1-9H3,(H,100,111)(H,101,112)(H,102,113)(H,103,107)(H,104,108)(H,114,115)(H,116,117)/t84?,85?,89-,90-,91?/m1/s1. The first-order valence-electron chi connectivity index (χ1n) is 50.1. The van der Waals surface area contributed by atoms with Gasteiger partial charge in [-0.1, -0.05) is 271 Å². The molecule has 1 aromatic rings. The molecule has 7 N–H and O–H groups in total. The number of esters is 2. The summed E-state index contributed by atoms with van der Waals surface area (Å²) in [7, 11) is -9.93. The quantitative estimate of drug-likeness (QED) is 0.00795. The van der Waals surface area contributed by atoms with Crippen LogP contribution < -0.4 is 31.3 Å². The zero-order chi connectivity index (χ0) is 95.0. The number of phosphoric ester groups is 2. The van der Waals surface area contributed by atoms with Crippen LogP contribution in [0, 0.1) is 5.92 Å². The highest BCUT2D eigenvalue weighted by Gasteiger charge is 2.31. The number of ether oxygens (including phenoxy) is 6. The van der Waals surface area contributed by atoms with E-state index in [1.165, 1.54) is 89.9 Å². The molecule has 30 heteroatoms. The number of alkyl carbamates (subject to hydrolysis) is 1. The number of amides is 5. The van der Waals surface area contributed by atoms with Crippen molar-refractivity contribution in [2.75, 3.05) is 79.1 Å². The lowest BCUT2D eigenvalue weighted by Crippen LogP contribution is -2.44. The molecule has 0 radical (unpaired) electrons. The summed E-state index contributed by atoms with van der Waals surface area (Å²) in [5, 5.41) is 13.2. The van der Waals surface area contributed by atoms with Crippen LogP contribution in [0.1, 0.15) is 402 Å². The summed E-state index contributed by atoms with van der Waals surface area (Å²) >= 11 is 0. The van der Waals surface area contributed by atoms with Gasteiger partial charge < -0.3 is 64.8 Å². The number of hydrogen-bond donors (Lipinski definition) is 7. The van der Waals surface area contributed by atoms with Crippen molar-refractivity contribution in [1.29, 1.82) is 0 Å². The minimum absolute atomic E-state index is 0.0759. The normalized spacial score (nSPS) is 13.8. The van der Waals surface area contributed by atoms with E-state index in [0.29, 0.717) is 62.7 Å². The number of carbonyl (C=O) groups is 9. The lowest BCUT2D eigenvalue weighted by Gasteiger charge is -2.22. The Morgan fingerprint density at radius 1 is 0.380 bits per heavy atom. The molecule has 0 aliphatic heterocycles. The molecular weight excluding hydrogens is 1690 g/mol. The van der Waals surface area contributed by atoms with E-state index in [0.717, 1.165) is 154 Å². The second-order valence-corrected chi connectivity index (χ2v) is 38.3. The third-order valence-electron chi connectivity index (χ3n) is 21.7. The van der Waals surface area contributed by atoms with Crippen LogP contribution in [0.4, 0.5) is 4.79 Å². The van der Waals surface area contributed by atoms with Crippen LogP contribution in [0.25, 0.3) is 0 Å². The zero-order valence-electron chi connectivity index (χ0n) is 81.3. The van der Waals surface area contributed by atoms with Crippen LogP contribution in [0.3, 0.4) is 0 Å². The lowest BCUT2D eigenvalue weighted by atomic mass is 9.97. The topological polar surface area (TPSA) is 381 Å². The minimum atomic E-state index is -4.97. The molecule has 28 nitrogen and oxygen atoms in total. The van der Waals surface area contributed by atoms with E-state index < -0.39 is 134 Å². The first-order chi connectivity index (χ1) is 62.2.